The highest BCUT2D eigenvalue weighted by atomic mass is 16.6. The number of nitrogens with zero attached hydrogens (tertiary/aromatic N) is 1. The fourth-order valence-corrected chi connectivity index (χ4v) is 3.47. The number of ether oxygens (including phenoxy) is 1. The maximum absolute atomic E-state index is 12.7. The fourth-order valence-electron chi connectivity index (χ4n) is 3.47. The fraction of sp³-hybridized carbons (Fsp3) is 0.120. The minimum absolute atomic E-state index is 0.219. The third kappa shape index (κ3) is 4.43. The van der Waals surface area contributed by atoms with Crippen LogP contribution in [0.2, 0.25) is 0 Å². The van der Waals surface area contributed by atoms with Gasteiger partial charge in [-0.15, -0.1) is 0 Å². The quantitative estimate of drug-likeness (QED) is 0.585. The Bertz CT molecular complexity index is 1030. The lowest BCUT2D eigenvalue weighted by Crippen LogP contribution is -2.39. The summed E-state index contributed by atoms with van der Waals surface area (Å²) in [6, 6.07) is 27.5. The van der Waals surface area contributed by atoms with Crippen molar-refractivity contribution in [3.05, 3.63) is 102 Å². The van der Waals surface area contributed by atoms with Crippen LogP contribution in [0.5, 0.6) is 0 Å². The Kier molecular flexibility index (Phi) is 5.52. The second kappa shape index (κ2) is 8.57. The molecule has 1 saturated heterocycles. The minimum Gasteiger partial charge on any atom is -0.447 e. The summed E-state index contributed by atoms with van der Waals surface area (Å²) < 4.78 is 5.13. The molecule has 1 aliphatic rings. The molecule has 0 aliphatic carbocycles. The van der Waals surface area contributed by atoms with Gasteiger partial charge in [-0.05, 0) is 40.8 Å². The lowest BCUT2D eigenvalue weighted by Gasteiger charge is -2.18. The van der Waals surface area contributed by atoms with Crippen molar-refractivity contribution in [1.29, 1.82) is 0 Å². The average molecular weight is 383 g/mol. The summed E-state index contributed by atoms with van der Waals surface area (Å²) in [4.78, 5) is 26.1. The topological polar surface area (TPSA) is 46.6 Å². The molecule has 144 valence electrons. The average Bonchev–Trinajstić information content (AvgIpc) is 3.13. The van der Waals surface area contributed by atoms with Crippen molar-refractivity contribution >= 4 is 18.1 Å². The Hall–Kier alpha value is -3.66. The largest absolute Gasteiger partial charge is 0.447 e. The second-order valence-electron chi connectivity index (χ2n) is 6.95. The molecule has 4 heteroatoms. The highest BCUT2D eigenvalue weighted by Gasteiger charge is 2.36. The smallest absolute Gasteiger partial charge is 0.417 e. The number of carbonyl (C=O) groups excluding carboxylic acids is 2. The first-order valence-corrected chi connectivity index (χ1v) is 9.58. The van der Waals surface area contributed by atoms with Crippen LogP contribution in [0, 0.1) is 0 Å². The van der Waals surface area contributed by atoms with E-state index in [2.05, 4.69) is 0 Å². The van der Waals surface area contributed by atoms with Crippen LogP contribution in [0.1, 0.15) is 11.1 Å². The summed E-state index contributed by atoms with van der Waals surface area (Å²) in [7, 11) is 0. The number of rotatable bonds is 5. The highest BCUT2D eigenvalue weighted by molar-refractivity contribution is 6.02. The zero-order valence-corrected chi connectivity index (χ0v) is 15.9. The molecule has 1 aliphatic heterocycles. The van der Waals surface area contributed by atoms with Crippen LogP contribution in [-0.4, -0.2) is 29.5 Å². The van der Waals surface area contributed by atoms with E-state index in [1.807, 2.05) is 84.9 Å². The van der Waals surface area contributed by atoms with Gasteiger partial charge in [-0.2, -0.15) is 0 Å². The number of hydrogen-bond donors (Lipinski definition) is 0. The van der Waals surface area contributed by atoms with E-state index in [0.717, 1.165) is 22.3 Å². The molecule has 4 rings (SSSR count). The Balaban J connectivity index is 1.49. The number of benzene rings is 3. The number of cyclic esters (lactones) is 1. The van der Waals surface area contributed by atoms with Gasteiger partial charge >= 0.3 is 6.09 Å². The summed E-state index contributed by atoms with van der Waals surface area (Å²) >= 11 is 0. The predicted octanol–water partition coefficient (Wildman–Crippen LogP) is 4.96. The molecule has 4 nitrogen and oxygen atoms in total. The molecule has 0 N–H and O–H groups in total. The van der Waals surface area contributed by atoms with E-state index in [9.17, 15) is 9.59 Å². The summed E-state index contributed by atoms with van der Waals surface area (Å²) in [6.07, 6.45) is 3.17. The lowest BCUT2D eigenvalue weighted by atomic mass is 10.0. The van der Waals surface area contributed by atoms with Crippen molar-refractivity contribution in [2.45, 2.75) is 12.5 Å². The molecular weight excluding hydrogens is 362 g/mol. The van der Waals surface area contributed by atoms with Gasteiger partial charge in [0.05, 0.1) is 6.04 Å². The van der Waals surface area contributed by atoms with E-state index in [1.54, 1.807) is 6.08 Å². The molecular formula is C25H21NO3. The van der Waals surface area contributed by atoms with E-state index < -0.39 is 6.09 Å². The molecule has 29 heavy (non-hydrogen) atoms. The van der Waals surface area contributed by atoms with Gasteiger partial charge in [-0.3, -0.25) is 4.79 Å². The Morgan fingerprint density at radius 3 is 2.38 bits per heavy atom. The summed E-state index contributed by atoms with van der Waals surface area (Å²) in [6.45, 7) is 0.219. The number of carbonyl (C=O) groups is 2. The third-order valence-corrected chi connectivity index (χ3v) is 4.92. The molecule has 3 aromatic carbocycles. The molecule has 1 atom stereocenters. The van der Waals surface area contributed by atoms with Gasteiger partial charge in [0.15, 0.2) is 0 Å². The van der Waals surface area contributed by atoms with Crippen LogP contribution in [0.3, 0.4) is 0 Å². The van der Waals surface area contributed by atoms with Gasteiger partial charge in [0.25, 0.3) is 5.91 Å². The first kappa shape index (κ1) is 18.7. The van der Waals surface area contributed by atoms with Crippen LogP contribution in [0.4, 0.5) is 4.79 Å². The van der Waals surface area contributed by atoms with Gasteiger partial charge < -0.3 is 4.74 Å². The Morgan fingerprint density at radius 2 is 1.62 bits per heavy atom. The molecule has 0 saturated carbocycles. The van der Waals surface area contributed by atoms with E-state index in [1.165, 1.54) is 11.0 Å². The van der Waals surface area contributed by atoms with Gasteiger partial charge in [-0.1, -0.05) is 78.9 Å². The zero-order valence-electron chi connectivity index (χ0n) is 15.9. The van der Waals surface area contributed by atoms with Crippen LogP contribution in [0.15, 0.2) is 91.0 Å². The first-order chi connectivity index (χ1) is 14.2. The standard InChI is InChI=1S/C25H21NO3/c27-24(26-23(18-29-25(26)28)17-19-8-3-1-4-9-19)15-14-20-10-7-13-22(16-20)21-11-5-2-6-12-21/h1-16,23H,17-18H2. The molecule has 0 spiro atoms. The first-order valence-electron chi connectivity index (χ1n) is 9.58. The predicted molar refractivity (Wildman–Crippen MR) is 113 cm³/mol. The molecule has 3 aromatic rings. The summed E-state index contributed by atoms with van der Waals surface area (Å²) in [5, 5.41) is 0. The third-order valence-electron chi connectivity index (χ3n) is 4.92. The van der Waals surface area contributed by atoms with Gasteiger partial charge in [0.1, 0.15) is 6.61 Å². The maximum Gasteiger partial charge on any atom is 0.417 e. The summed E-state index contributed by atoms with van der Waals surface area (Å²) in [5.74, 6) is -0.362. The van der Waals surface area contributed by atoms with Crippen molar-refractivity contribution in [2.24, 2.45) is 0 Å². The molecule has 1 heterocycles. The number of imide groups is 1. The molecule has 0 bridgehead atoms. The number of amides is 2. The minimum atomic E-state index is -0.585. The van der Waals surface area contributed by atoms with E-state index in [-0.39, 0.29) is 18.6 Å². The van der Waals surface area contributed by atoms with Crippen molar-refractivity contribution in [1.82, 2.24) is 4.90 Å². The summed E-state index contributed by atoms with van der Waals surface area (Å²) in [5.41, 5.74) is 4.14. The SMILES string of the molecule is O=C(C=Cc1cccc(-c2ccccc2)c1)N1C(=O)OCC1Cc1ccccc1. The molecule has 0 aromatic heterocycles. The Morgan fingerprint density at radius 1 is 0.931 bits per heavy atom. The van der Waals surface area contributed by atoms with Crippen LogP contribution in [-0.2, 0) is 16.0 Å². The van der Waals surface area contributed by atoms with Crippen molar-refractivity contribution < 1.29 is 14.3 Å². The van der Waals surface area contributed by atoms with Crippen LogP contribution in [0.25, 0.3) is 17.2 Å². The van der Waals surface area contributed by atoms with Crippen molar-refractivity contribution in [2.75, 3.05) is 6.61 Å². The molecule has 2 amide bonds. The van der Waals surface area contributed by atoms with Crippen LogP contribution < -0.4 is 0 Å². The number of hydrogen-bond acceptors (Lipinski definition) is 3. The van der Waals surface area contributed by atoms with E-state index in [4.69, 9.17) is 4.74 Å². The van der Waals surface area contributed by atoms with Crippen LogP contribution >= 0.6 is 0 Å². The van der Waals surface area contributed by atoms with Gasteiger partial charge in [0, 0.05) is 6.08 Å². The van der Waals surface area contributed by atoms with Crippen molar-refractivity contribution in [3.8, 4) is 11.1 Å². The lowest BCUT2D eigenvalue weighted by molar-refractivity contribution is -0.124. The second-order valence-corrected chi connectivity index (χ2v) is 6.95. The van der Waals surface area contributed by atoms with Gasteiger partial charge in [-0.25, -0.2) is 9.69 Å². The Labute approximate surface area is 170 Å². The maximum atomic E-state index is 12.7. The van der Waals surface area contributed by atoms with E-state index in [0.29, 0.717) is 6.42 Å². The monoisotopic (exact) mass is 383 g/mol. The van der Waals surface area contributed by atoms with Crippen molar-refractivity contribution in [3.63, 3.8) is 0 Å². The normalized spacial score (nSPS) is 16.2. The van der Waals surface area contributed by atoms with E-state index >= 15 is 0 Å². The molecule has 0 radical (unpaired) electrons. The highest BCUT2D eigenvalue weighted by Crippen LogP contribution is 2.21. The van der Waals surface area contributed by atoms with Gasteiger partial charge in [0.2, 0.25) is 0 Å². The molecule has 1 unspecified atom stereocenters. The molecule has 1 fully saturated rings. The zero-order chi connectivity index (χ0) is 20.1.